The van der Waals surface area contributed by atoms with E-state index < -0.39 is 11.4 Å². The van der Waals surface area contributed by atoms with Gasteiger partial charge in [0.15, 0.2) is 5.82 Å². The second kappa shape index (κ2) is 10.9. The number of aromatic nitrogens is 5. The molecule has 1 aliphatic carbocycles. The van der Waals surface area contributed by atoms with Gasteiger partial charge in [0.1, 0.15) is 11.5 Å². The van der Waals surface area contributed by atoms with Crippen molar-refractivity contribution in [3.05, 3.63) is 116 Å². The normalized spacial score (nSPS) is 13.0. The highest BCUT2D eigenvalue weighted by atomic mass is 19.1. The van der Waals surface area contributed by atoms with Crippen LogP contribution in [-0.4, -0.2) is 29.0 Å². The van der Waals surface area contributed by atoms with Crippen molar-refractivity contribution in [1.29, 1.82) is 0 Å². The topological polar surface area (TPSA) is 94.9 Å². The molecule has 8 nitrogen and oxygen atoms in total. The van der Waals surface area contributed by atoms with Crippen LogP contribution < -0.4 is 11.1 Å². The molecule has 6 rings (SSSR count). The van der Waals surface area contributed by atoms with E-state index in [2.05, 4.69) is 4.98 Å². The zero-order valence-corrected chi connectivity index (χ0v) is 23.8. The second-order valence-corrected chi connectivity index (χ2v) is 10.8. The van der Waals surface area contributed by atoms with Crippen molar-refractivity contribution >= 4 is 0 Å². The minimum absolute atomic E-state index is 0.0474. The minimum Gasteiger partial charge on any atom is -0.494 e. The number of nitrogens with zero attached hydrogens (tertiary/aromatic N) is 5. The number of hydrogen-bond acceptors (Lipinski definition) is 5. The second-order valence-electron chi connectivity index (χ2n) is 10.8. The molecular formula is C33H32FN5O3. The third-order valence-electron chi connectivity index (χ3n) is 7.93. The van der Waals surface area contributed by atoms with Crippen LogP contribution in [-0.2, 0) is 26.3 Å². The van der Waals surface area contributed by atoms with Gasteiger partial charge in [0.05, 0.1) is 22.9 Å². The number of benzene rings is 2. The lowest BCUT2D eigenvalue weighted by atomic mass is 10.00. The van der Waals surface area contributed by atoms with Gasteiger partial charge in [-0.05, 0) is 66.6 Å². The molecule has 0 aliphatic heterocycles. The smallest absolute Gasteiger partial charge is 0.280 e. The Labute approximate surface area is 242 Å². The van der Waals surface area contributed by atoms with Crippen LogP contribution in [0.3, 0.4) is 0 Å². The molecule has 1 aliphatic rings. The first-order valence-electron chi connectivity index (χ1n) is 14.3. The number of pyridine rings is 1. The third-order valence-corrected chi connectivity index (χ3v) is 7.93. The number of rotatable bonds is 8. The van der Waals surface area contributed by atoms with Crippen molar-refractivity contribution in [2.75, 3.05) is 0 Å². The molecule has 2 aromatic carbocycles. The first-order chi connectivity index (χ1) is 20.3. The average molecular weight is 566 g/mol. The van der Waals surface area contributed by atoms with E-state index in [1.54, 1.807) is 36.0 Å². The molecular weight excluding hydrogens is 533 g/mol. The largest absolute Gasteiger partial charge is 0.494 e. The van der Waals surface area contributed by atoms with Crippen molar-refractivity contribution in [2.24, 2.45) is 7.05 Å². The Morgan fingerprint density at radius 2 is 1.69 bits per heavy atom. The predicted molar refractivity (Wildman–Crippen MR) is 160 cm³/mol. The van der Waals surface area contributed by atoms with Gasteiger partial charge in [-0.1, -0.05) is 44.2 Å². The fourth-order valence-electron chi connectivity index (χ4n) is 5.48. The summed E-state index contributed by atoms with van der Waals surface area (Å²) >= 11 is 0. The predicted octanol–water partition coefficient (Wildman–Crippen LogP) is 5.36. The van der Waals surface area contributed by atoms with Gasteiger partial charge in [-0.2, -0.15) is 10.1 Å². The molecule has 0 unspecified atom stereocenters. The van der Waals surface area contributed by atoms with Crippen LogP contribution in [0.1, 0.15) is 55.0 Å². The van der Waals surface area contributed by atoms with Crippen LogP contribution in [0.5, 0.6) is 5.88 Å². The first kappa shape index (κ1) is 27.4. The number of aromatic hydroxyl groups is 1. The molecule has 214 valence electrons. The van der Waals surface area contributed by atoms with Crippen molar-refractivity contribution in [2.45, 2.75) is 52.0 Å². The molecule has 1 saturated carbocycles. The quantitative estimate of drug-likeness (QED) is 0.274. The highest BCUT2D eigenvalue weighted by molar-refractivity contribution is 5.64. The fraction of sp³-hybridized carbons (Fsp3) is 0.273. The van der Waals surface area contributed by atoms with Crippen LogP contribution in [0.25, 0.3) is 28.3 Å². The lowest BCUT2D eigenvalue weighted by molar-refractivity contribution is 0.428. The van der Waals surface area contributed by atoms with Gasteiger partial charge in [0, 0.05) is 31.4 Å². The summed E-state index contributed by atoms with van der Waals surface area (Å²) in [6.07, 6.45) is 6.95. The van der Waals surface area contributed by atoms with Gasteiger partial charge in [0.25, 0.3) is 11.1 Å². The van der Waals surface area contributed by atoms with Gasteiger partial charge in [-0.25, -0.2) is 4.39 Å². The Kier molecular flexibility index (Phi) is 7.10. The number of para-hydroxylation sites is 1. The maximum atomic E-state index is 15.3. The first-order valence-corrected chi connectivity index (χ1v) is 14.3. The fourth-order valence-corrected chi connectivity index (χ4v) is 5.48. The Hall–Kier alpha value is -4.79. The van der Waals surface area contributed by atoms with E-state index in [0.29, 0.717) is 30.1 Å². The van der Waals surface area contributed by atoms with Crippen molar-refractivity contribution < 1.29 is 9.50 Å². The van der Waals surface area contributed by atoms with Gasteiger partial charge in [-0.15, -0.1) is 0 Å². The van der Waals surface area contributed by atoms with Crippen LogP contribution in [0.4, 0.5) is 4.39 Å². The molecule has 1 fully saturated rings. The maximum Gasteiger partial charge on any atom is 0.280 e. The molecule has 0 radical (unpaired) electrons. The van der Waals surface area contributed by atoms with Crippen molar-refractivity contribution in [3.8, 4) is 34.2 Å². The van der Waals surface area contributed by atoms with Gasteiger partial charge >= 0.3 is 0 Å². The van der Waals surface area contributed by atoms with Gasteiger partial charge in [-0.3, -0.25) is 18.8 Å². The molecule has 0 bridgehead atoms. The highest BCUT2D eigenvalue weighted by Crippen LogP contribution is 2.36. The van der Waals surface area contributed by atoms with E-state index >= 15 is 4.39 Å². The summed E-state index contributed by atoms with van der Waals surface area (Å²) < 4.78 is 20.2. The van der Waals surface area contributed by atoms with Gasteiger partial charge < -0.3 is 9.67 Å². The zero-order valence-electron chi connectivity index (χ0n) is 23.8. The molecule has 0 amide bonds. The molecule has 0 spiro atoms. The van der Waals surface area contributed by atoms with E-state index in [4.69, 9.17) is 5.10 Å². The van der Waals surface area contributed by atoms with E-state index in [0.717, 1.165) is 29.7 Å². The molecule has 5 aromatic rings. The molecule has 1 N–H and O–H groups in total. The lowest BCUT2D eigenvalue weighted by Gasteiger charge is -2.21. The van der Waals surface area contributed by atoms with Gasteiger partial charge in [0.2, 0.25) is 5.88 Å². The SMILES string of the molecule is CCc1cccc(CC)c1-n1c(-c2ccn(C3CC3)n2)nc(=O)c(Cc2ccc(-c3cccn(C)c3=O)c(F)c2)c1O. The maximum absolute atomic E-state index is 15.3. The van der Waals surface area contributed by atoms with Crippen LogP contribution >= 0.6 is 0 Å². The molecule has 9 heteroatoms. The summed E-state index contributed by atoms with van der Waals surface area (Å²) in [6, 6.07) is 15.9. The van der Waals surface area contributed by atoms with E-state index in [9.17, 15) is 14.7 Å². The van der Waals surface area contributed by atoms with Crippen LogP contribution in [0.2, 0.25) is 0 Å². The molecule has 3 aromatic heterocycles. The van der Waals surface area contributed by atoms with E-state index in [1.165, 1.54) is 16.7 Å². The summed E-state index contributed by atoms with van der Waals surface area (Å²) in [4.78, 5) is 30.5. The molecule has 42 heavy (non-hydrogen) atoms. The van der Waals surface area contributed by atoms with Crippen molar-refractivity contribution in [1.82, 2.24) is 23.9 Å². The number of hydrogen-bond donors (Lipinski definition) is 1. The van der Waals surface area contributed by atoms with Crippen LogP contribution in [0.15, 0.2) is 76.6 Å². The number of halogens is 1. The number of aryl methyl sites for hydroxylation is 3. The monoisotopic (exact) mass is 565 g/mol. The summed E-state index contributed by atoms with van der Waals surface area (Å²) in [7, 11) is 1.61. The molecule has 0 atom stereocenters. The Balaban J connectivity index is 1.50. The summed E-state index contributed by atoms with van der Waals surface area (Å²) in [5, 5.41) is 16.5. The molecule has 0 saturated heterocycles. The summed E-state index contributed by atoms with van der Waals surface area (Å²) in [5.74, 6) is -0.573. The van der Waals surface area contributed by atoms with Crippen molar-refractivity contribution in [3.63, 3.8) is 0 Å². The zero-order chi connectivity index (χ0) is 29.5. The van der Waals surface area contributed by atoms with E-state index in [-0.39, 0.29) is 40.4 Å². The molecule has 3 heterocycles. The summed E-state index contributed by atoms with van der Waals surface area (Å²) in [5.41, 5.74) is 3.27. The van der Waals surface area contributed by atoms with E-state index in [1.807, 2.05) is 49.0 Å². The summed E-state index contributed by atoms with van der Waals surface area (Å²) in [6.45, 7) is 4.08. The third kappa shape index (κ3) is 4.85. The Bertz CT molecular complexity index is 1910. The Morgan fingerprint density at radius 3 is 2.36 bits per heavy atom. The average Bonchev–Trinajstić information content (AvgIpc) is 3.72. The minimum atomic E-state index is -0.604. The lowest BCUT2D eigenvalue weighted by Crippen LogP contribution is -2.21. The highest BCUT2D eigenvalue weighted by Gasteiger charge is 2.27. The standard InChI is InChI=1S/C33H32FN5O3/c1-4-21-8-6-9-22(5-2)29(21)39-30(28-15-17-38(36-28)23-12-13-23)35-31(40)26(33(39)42)18-20-11-14-24(27(34)19-20)25-10-7-16-37(3)32(25)41/h6-11,14-17,19,23,42H,4-5,12-13,18H2,1-3H3. The van der Waals surface area contributed by atoms with Crippen LogP contribution in [0, 0.1) is 5.82 Å². The Morgan fingerprint density at radius 1 is 0.952 bits per heavy atom.